The van der Waals surface area contributed by atoms with E-state index in [1.54, 1.807) is 60.7 Å². The first-order valence-electron chi connectivity index (χ1n) is 9.17. The molecule has 0 bridgehead atoms. The largest absolute Gasteiger partial charge is 0.366 e. The molecule has 9 heteroatoms. The van der Waals surface area contributed by atoms with E-state index < -0.39 is 15.9 Å². The number of hydrogen-bond acceptors (Lipinski definition) is 4. The molecule has 0 saturated carbocycles. The van der Waals surface area contributed by atoms with Crippen molar-refractivity contribution in [2.45, 2.75) is 6.54 Å². The van der Waals surface area contributed by atoms with Gasteiger partial charge in [0.2, 0.25) is 15.9 Å². The zero-order valence-corrected chi connectivity index (χ0v) is 18.2. The van der Waals surface area contributed by atoms with Crippen LogP contribution in [0.25, 0.3) is 0 Å². The number of hydrogen-bond donors (Lipinski definition) is 2. The predicted octanol–water partition coefficient (Wildman–Crippen LogP) is 3.66. The molecule has 3 N–H and O–H groups in total. The second kappa shape index (κ2) is 9.20. The summed E-state index contributed by atoms with van der Waals surface area (Å²) in [6.07, 6.45) is 1.12. The van der Waals surface area contributed by atoms with Crippen LogP contribution in [0.15, 0.2) is 72.8 Å². The van der Waals surface area contributed by atoms with Crippen molar-refractivity contribution in [2.24, 2.45) is 5.73 Å². The van der Waals surface area contributed by atoms with Crippen LogP contribution in [-0.4, -0.2) is 26.5 Å². The second-order valence-electron chi connectivity index (χ2n) is 6.84. The summed E-state index contributed by atoms with van der Waals surface area (Å²) in [4.78, 5) is 23.6. The lowest BCUT2D eigenvalue weighted by Gasteiger charge is -2.23. The smallest absolute Gasteiger partial charge is 0.255 e. The minimum absolute atomic E-state index is 0.133. The van der Waals surface area contributed by atoms with Gasteiger partial charge in [0.05, 0.1) is 18.5 Å². The molecule has 0 aliphatic carbocycles. The molecule has 160 valence electrons. The first-order chi connectivity index (χ1) is 14.6. The first-order valence-corrected chi connectivity index (χ1v) is 11.4. The average Bonchev–Trinajstić information content (AvgIpc) is 2.73. The Labute approximate surface area is 185 Å². The number of sulfonamides is 1. The highest BCUT2D eigenvalue weighted by molar-refractivity contribution is 7.92. The van der Waals surface area contributed by atoms with Crippen LogP contribution >= 0.6 is 11.6 Å². The minimum atomic E-state index is -3.56. The number of nitrogens with two attached hydrogens (primary N) is 1. The van der Waals surface area contributed by atoms with Gasteiger partial charge in [0.1, 0.15) is 0 Å². The van der Waals surface area contributed by atoms with Gasteiger partial charge in [-0.2, -0.15) is 0 Å². The Kier molecular flexibility index (Phi) is 6.62. The van der Waals surface area contributed by atoms with E-state index in [4.69, 9.17) is 17.3 Å². The maximum absolute atomic E-state index is 12.5. The van der Waals surface area contributed by atoms with E-state index in [9.17, 15) is 18.0 Å². The third kappa shape index (κ3) is 5.84. The lowest BCUT2D eigenvalue weighted by atomic mass is 10.1. The first kappa shape index (κ1) is 22.3. The van der Waals surface area contributed by atoms with E-state index >= 15 is 0 Å². The molecule has 0 aromatic heterocycles. The fourth-order valence-electron chi connectivity index (χ4n) is 2.86. The van der Waals surface area contributed by atoms with E-state index in [1.807, 2.05) is 0 Å². The monoisotopic (exact) mass is 457 g/mol. The Morgan fingerprint density at radius 1 is 0.903 bits per heavy atom. The Hall–Kier alpha value is -3.36. The zero-order valence-electron chi connectivity index (χ0n) is 16.6. The maximum Gasteiger partial charge on any atom is 0.255 e. The van der Waals surface area contributed by atoms with Gasteiger partial charge in [0.15, 0.2) is 0 Å². The number of carbonyl (C=O) groups excluding carboxylic acids is 2. The van der Waals surface area contributed by atoms with Gasteiger partial charge in [-0.25, -0.2) is 8.42 Å². The number of benzene rings is 3. The van der Waals surface area contributed by atoms with Crippen LogP contribution in [0, 0.1) is 0 Å². The van der Waals surface area contributed by atoms with E-state index in [0.717, 1.165) is 11.8 Å². The topological polar surface area (TPSA) is 110 Å². The normalized spacial score (nSPS) is 11.0. The fraction of sp³-hybridized carbons (Fsp3) is 0.0909. The molecule has 0 heterocycles. The van der Waals surface area contributed by atoms with Crippen molar-refractivity contribution >= 4 is 44.8 Å². The Morgan fingerprint density at radius 2 is 1.45 bits per heavy atom. The second-order valence-corrected chi connectivity index (χ2v) is 9.18. The van der Waals surface area contributed by atoms with Gasteiger partial charge < -0.3 is 11.1 Å². The number of rotatable bonds is 7. The van der Waals surface area contributed by atoms with Gasteiger partial charge in [-0.1, -0.05) is 23.7 Å². The van der Waals surface area contributed by atoms with E-state index in [-0.39, 0.29) is 12.5 Å². The standard InChI is InChI=1S/C22H20ClN3O4S/c1-31(29,30)26(14-15-2-8-18(23)9-3-15)20-12-6-17(7-13-20)22(28)25-19-10-4-16(5-11-19)21(24)27/h2-13H,14H2,1H3,(H2,24,27)(H,25,28). The van der Waals surface area contributed by atoms with Crippen LogP contribution in [-0.2, 0) is 16.6 Å². The highest BCUT2D eigenvalue weighted by Crippen LogP contribution is 2.22. The molecule has 0 unspecified atom stereocenters. The number of nitrogens with one attached hydrogen (secondary N) is 1. The number of anilines is 2. The summed E-state index contributed by atoms with van der Waals surface area (Å²) in [7, 11) is -3.56. The summed E-state index contributed by atoms with van der Waals surface area (Å²) < 4.78 is 25.9. The van der Waals surface area contributed by atoms with Gasteiger partial charge in [-0.05, 0) is 66.2 Å². The van der Waals surface area contributed by atoms with Crippen molar-refractivity contribution in [2.75, 3.05) is 15.9 Å². The van der Waals surface area contributed by atoms with Crippen molar-refractivity contribution in [1.29, 1.82) is 0 Å². The highest BCUT2D eigenvalue weighted by Gasteiger charge is 2.18. The Bertz CT molecular complexity index is 1190. The molecule has 3 aromatic carbocycles. The van der Waals surface area contributed by atoms with Crippen LogP contribution in [0.5, 0.6) is 0 Å². The predicted molar refractivity (Wildman–Crippen MR) is 122 cm³/mol. The van der Waals surface area contributed by atoms with Crippen molar-refractivity contribution in [3.63, 3.8) is 0 Å². The molecular weight excluding hydrogens is 438 g/mol. The van der Waals surface area contributed by atoms with E-state index in [1.165, 1.54) is 16.4 Å². The molecular formula is C22H20ClN3O4S. The van der Waals surface area contributed by atoms with Crippen molar-refractivity contribution in [1.82, 2.24) is 0 Å². The van der Waals surface area contributed by atoms with Crippen LogP contribution in [0.2, 0.25) is 5.02 Å². The molecule has 31 heavy (non-hydrogen) atoms. The number of carbonyl (C=O) groups is 2. The van der Waals surface area contributed by atoms with Crippen LogP contribution < -0.4 is 15.4 Å². The summed E-state index contributed by atoms with van der Waals surface area (Å²) in [5.41, 5.74) is 7.59. The number of nitrogens with zero attached hydrogens (tertiary/aromatic N) is 1. The van der Waals surface area contributed by atoms with Gasteiger partial charge in [0, 0.05) is 21.8 Å². The van der Waals surface area contributed by atoms with Crippen molar-refractivity contribution in [3.05, 3.63) is 94.5 Å². The molecule has 0 fully saturated rings. The lowest BCUT2D eigenvalue weighted by molar-refractivity contribution is 0.0998. The Balaban J connectivity index is 1.76. The zero-order chi connectivity index (χ0) is 22.6. The quantitative estimate of drug-likeness (QED) is 0.564. The van der Waals surface area contributed by atoms with Gasteiger partial charge >= 0.3 is 0 Å². The number of primary amides is 1. The third-order valence-electron chi connectivity index (χ3n) is 4.48. The lowest BCUT2D eigenvalue weighted by Crippen LogP contribution is -2.29. The SMILES string of the molecule is CS(=O)(=O)N(Cc1ccc(Cl)cc1)c1ccc(C(=O)Nc2ccc(C(N)=O)cc2)cc1. The molecule has 0 saturated heterocycles. The molecule has 0 spiro atoms. The summed E-state index contributed by atoms with van der Waals surface area (Å²) in [6, 6.07) is 19.3. The molecule has 3 rings (SSSR count). The minimum Gasteiger partial charge on any atom is -0.366 e. The Morgan fingerprint density at radius 3 is 1.97 bits per heavy atom. The number of halogens is 1. The fourth-order valence-corrected chi connectivity index (χ4v) is 3.87. The van der Waals surface area contributed by atoms with Gasteiger partial charge in [-0.15, -0.1) is 0 Å². The maximum atomic E-state index is 12.5. The van der Waals surface area contributed by atoms with E-state index in [0.29, 0.717) is 27.5 Å². The third-order valence-corrected chi connectivity index (χ3v) is 5.88. The summed E-state index contributed by atoms with van der Waals surface area (Å²) in [6.45, 7) is 0.133. The van der Waals surface area contributed by atoms with Crippen LogP contribution in [0.1, 0.15) is 26.3 Å². The summed E-state index contributed by atoms with van der Waals surface area (Å²) in [5.74, 6) is -0.926. The molecule has 3 aromatic rings. The molecule has 0 radical (unpaired) electrons. The molecule has 0 atom stereocenters. The van der Waals surface area contributed by atoms with Crippen LogP contribution in [0.3, 0.4) is 0 Å². The molecule has 0 aliphatic heterocycles. The molecule has 2 amide bonds. The number of amides is 2. The average molecular weight is 458 g/mol. The van der Waals surface area contributed by atoms with Gasteiger partial charge in [-0.3, -0.25) is 13.9 Å². The van der Waals surface area contributed by atoms with Crippen molar-refractivity contribution < 1.29 is 18.0 Å². The highest BCUT2D eigenvalue weighted by atomic mass is 35.5. The summed E-state index contributed by atoms with van der Waals surface area (Å²) >= 11 is 5.89. The van der Waals surface area contributed by atoms with Gasteiger partial charge in [0.25, 0.3) is 5.91 Å². The molecule has 7 nitrogen and oxygen atoms in total. The molecule has 0 aliphatic rings. The summed E-state index contributed by atoms with van der Waals surface area (Å²) in [5, 5.41) is 3.28. The van der Waals surface area contributed by atoms with E-state index in [2.05, 4.69) is 5.32 Å². The van der Waals surface area contributed by atoms with Crippen molar-refractivity contribution in [3.8, 4) is 0 Å². The van der Waals surface area contributed by atoms with Crippen LogP contribution in [0.4, 0.5) is 11.4 Å².